The number of hydrogen-bond acceptors (Lipinski definition) is 3. The first-order valence-corrected chi connectivity index (χ1v) is 5.61. The Balaban J connectivity index is 2.74. The average molecular weight is 223 g/mol. The van der Waals surface area contributed by atoms with Crippen molar-refractivity contribution in [2.45, 2.75) is 13.3 Å². The third-order valence-corrected chi connectivity index (χ3v) is 2.38. The van der Waals surface area contributed by atoms with Crippen molar-refractivity contribution in [2.75, 3.05) is 34.4 Å². The van der Waals surface area contributed by atoms with Gasteiger partial charge in [0, 0.05) is 6.54 Å². The Morgan fingerprint density at radius 1 is 1.19 bits per heavy atom. The van der Waals surface area contributed by atoms with Gasteiger partial charge in [-0.25, -0.2) is 0 Å². The summed E-state index contributed by atoms with van der Waals surface area (Å²) < 4.78 is 10.8. The zero-order chi connectivity index (χ0) is 12.0. The molecule has 3 nitrogen and oxygen atoms in total. The van der Waals surface area contributed by atoms with E-state index in [0.29, 0.717) is 6.61 Å². The zero-order valence-electron chi connectivity index (χ0n) is 10.6. The Morgan fingerprint density at radius 2 is 1.94 bits per heavy atom. The van der Waals surface area contributed by atoms with Gasteiger partial charge < -0.3 is 14.4 Å². The van der Waals surface area contributed by atoms with Gasteiger partial charge in [-0.1, -0.05) is 6.07 Å². The molecule has 0 unspecified atom stereocenters. The van der Waals surface area contributed by atoms with E-state index in [0.717, 1.165) is 24.5 Å². The van der Waals surface area contributed by atoms with Crippen molar-refractivity contribution in [1.82, 2.24) is 4.90 Å². The van der Waals surface area contributed by atoms with Crippen LogP contribution in [0.4, 0.5) is 0 Å². The predicted molar refractivity (Wildman–Crippen MR) is 66.4 cm³/mol. The molecule has 0 heterocycles. The summed E-state index contributed by atoms with van der Waals surface area (Å²) in [6.07, 6.45) is 1.02. The number of nitrogens with zero attached hydrogens (tertiary/aromatic N) is 1. The highest BCUT2D eigenvalue weighted by atomic mass is 16.5. The first-order chi connectivity index (χ1) is 7.67. The molecule has 0 radical (unpaired) electrons. The van der Waals surface area contributed by atoms with Gasteiger partial charge in [0.15, 0.2) is 11.5 Å². The van der Waals surface area contributed by atoms with Gasteiger partial charge in [-0.15, -0.1) is 0 Å². The van der Waals surface area contributed by atoms with E-state index in [1.54, 1.807) is 7.11 Å². The number of methoxy groups -OCH3 is 1. The lowest BCUT2D eigenvalue weighted by molar-refractivity contribution is 0.310. The second-order valence-corrected chi connectivity index (χ2v) is 3.97. The lowest BCUT2D eigenvalue weighted by atomic mass is 10.1. The van der Waals surface area contributed by atoms with Gasteiger partial charge in [0.1, 0.15) is 0 Å². The maximum Gasteiger partial charge on any atom is 0.161 e. The van der Waals surface area contributed by atoms with E-state index < -0.39 is 0 Å². The third-order valence-electron chi connectivity index (χ3n) is 2.38. The van der Waals surface area contributed by atoms with E-state index in [2.05, 4.69) is 31.1 Å². The van der Waals surface area contributed by atoms with Gasteiger partial charge in [-0.2, -0.15) is 0 Å². The van der Waals surface area contributed by atoms with Crippen molar-refractivity contribution in [2.24, 2.45) is 0 Å². The highest BCUT2D eigenvalue weighted by Gasteiger charge is 2.05. The maximum atomic E-state index is 5.47. The maximum absolute atomic E-state index is 5.47. The Bertz CT molecular complexity index is 324. The molecule has 0 aliphatic heterocycles. The van der Waals surface area contributed by atoms with Crippen molar-refractivity contribution in [3.8, 4) is 11.5 Å². The van der Waals surface area contributed by atoms with Crippen molar-refractivity contribution < 1.29 is 9.47 Å². The van der Waals surface area contributed by atoms with Crippen LogP contribution >= 0.6 is 0 Å². The Labute approximate surface area is 98.0 Å². The van der Waals surface area contributed by atoms with Crippen LogP contribution in [0.15, 0.2) is 18.2 Å². The van der Waals surface area contributed by atoms with Crippen LogP contribution < -0.4 is 9.47 Å². The van der Waals surface area contributed by atoms with Gasteiger partial charge in [0.2, 0.25) is 0 Å². The van der Waals surface area contributed by atoms with Crippen LogP contribution in [0.25, 0.3) is 0 Å². The molecule has 0 fully saturated rings. The summed E-state index contributed by atoms with van der Waals surface area (Å²) in [4.78, 5) is 2.17. The molecule has 1 aromatic carbocycles. The summed E-state index contributed by atoms with van der Waals surface area (Å²) in [6.45, 7) is 3.67. The quantitative estimate of drug-likeness (QED) is 0.738. The van der Waals surface area contributed by atoms with E-state index in [4.69, 9.17) is 9.47 Å². The van der Waals surface area contributed by atoms with Crippen LogP contribution in [0.2, 0.25) is 0 Å². The molecular formula is C13H21NO2. The van der Waals surface area contributed by atoms with E-state index >= 15 is 0 Å². The molecule has 0 saturated heterocycles. The molecule has 1 aromatic rings. The van der Waals surface area contributed by atoms with Gasteiger partial charge in [0.05, 0.1) is 13.7 Å². The summed E-state index contributed by atoms with van der Waals surface area (Å²) in [5, 5.41) is 0. The Morgan fingerprint density at radius 3 is 2.50 bits per heavy atom. The molecule has 0 amide bonds. The van der Waals surface area contributed by atoms with Crippen LogP contribution in [0.5, 0.6) is 11.5 Å². The normalized spacial score (nSPS) is 10.6. The minimum atomic E-state index is 0.660. The second kappa shape index (κ2) is 6.38. The van der Waals surface area contributed by atoms with Crippen molar-refractivity contribution in [3.05, 3.63) is 23.8 Å². The van der Waals surface area contributed by atoms with Crippen molar-refractivity contribution >= 4 is 0 Å². The molecule has 0 aliphatic carbocycles. The molecule has 3 heteroatoms. The molecule has 0 aliphatic rings. The lowest BCUT2D eigenvalue weighted by Crippen LogP contribution is -2.15. The molecule has 1 rings (SSSR count). The van der Waals surface area contributed by atoms with E-state index in [9.17, 15) is 0 Å². The molecule has 16 heavy (non-hydrogen) atoms. The molecule has 0 atom stereocenters. The van der Waals surface area contributed by atoms with Crippen LogP contribution in [-0.2, 0) is 6.42 Å². The molecule has 0 N–H and O–H groups in total. The molecule has 0 saturated carbocycles. The SMILES string of the molecule is CCOc1ccc(CCN(C)C)cc1OC. The highest BCUT2D eigenvalue weighted by Crippen LogP contribution is 2.28. The second-order valence-electron chi connectivity index (χ2n) is 3.97. The number of benzene rings is 1. The first-order valence-electron chi connectivity index (χ1n) is 5.61. The minimum Gasteiger partial charge on any atom is -0.493 e. The molecular weight excluding hydrogens is 202 g/mol. The monoisotopic (exact) mass is 223 g/mol. The van der Waals surface area contributed by atoms with Gasteiger partial charge >= 0.3 is 0 Å². The fourth-order valence-corrected chi connectivity index (χ4v) is 1.49. The van der Waals surface area contributed by atoms with Crippen LogP contribution in [0.3, 0.4) is 0 Å². The van der Waals surface area contributed by atoms with Gasteiger partial charge in [-0.3, -0.25) is 0 Å². The fourth-order valence-electron chi connectivity index (χ4n) is 1.49. The minimum absolute atomic E-state index is 0.660. The smallest absolute Gasteiger partial charge is 0.161 e. The first kappa shape index (κ1) is 12.8. The molecule has 0 bridgehead atoms. The topological polar surface area (TPSA) is 21.7 Å². The summed E-state index contributed by atoms with van der Waals surface area (Å²) in [7, 11) is 5.82. The van der Waals surface area contributed by atoms with E-state index in [1.165, 1.54) is 5.56 Å². The van der Waals surface area contributed by atoms with Gasteiger partial charge in [-0.05, 0) is 45.1 Å². The molecule has 90 valence electrons. The molecule has 0 aromatic heterocycles. The van der Waals surface area contributed by atoms with Gasteiger partial charge in [0.25, 0.3) is 0 Å². The number of rotatable bonds is 6. The lowest BCUT2D eigenvalue weighted by Gasteiger charge is -2.12. The summed E-state index contributed by atoms with van der Waals surface area (Å²) in [6, 6.07) is 6.12. The number of ether oxygens (including phenoxy) is 2. The zero-order valence-corrected chi connectivity index (χ0v) is 10.6. The van der Waals surface area contributed by atoms with Crippen molar-refractivity contribution in [1.29, 1.82) is 0 Å². The largest absolute Gasteiger partial charge is 0.493 e. The molecule has 0 spiro atoms. The highest BCUT2D eigenvalue weighted by molar-refractivity contribution is 5.43. The van der Waals surface area contributed by atoms with Crippen LogP contribution in [0.1, 0.15) is 12.5 Å². The number of likely N-dealkylation sites (N-methyl/N-ethyl adjacent to an activating group) is 1. The van der Waals surface area contributed by atoms with Crippen molar-refractivity contribution in [3.63, 3.8) is 0 Å². The summed E-state index contributed by atoms with van der Waals surface area (Å²) in [5.74, 6) is 1.64. The summed E-state index contributed by atoms with van der Waals surface area (Å²) >= 11 is 0. The van der Waals surface area contributed by atoms with Crippen LogP contribution in [-0.4, -0.2) is 39.3 Å². The average Bonchev–Trinajstić information content (AvgIpc) is 2.28. The van der Waals surface area contributed by atoms with E-state index in [1.807, 2.05) is 13.0 Å². The predicted octanol–water partition coefficient (Wildman–Crippen LogP) is 2.20. The number of hydrogen-bond donors (Lipinski definition) is 0. The third kappa shape index (κ3) is 3.74. The Kier molecular flexibility index (Phi) is 5.12. The van der Waals surface area contributed by atoms with Crippen LogP contribution in [0, 0.1) is 0 Å². The standard InChI is InChI=1S/C13H21NO2/c1-5-16-12-7-6-11(8-9-14(2)3)10-13(12)15-4/h6-7,10H,5,8-9H2,1-4H3. The van der Waals surface area contributed by atoms with E-state index in [-0.39, 0.29) is 0 Å². The fraction of sp³-hybridized carbons (Fsp3) is 0.538. The summed E-state index contributed by atoms with van der Waals surface area (Å²) in [5.41, 5.74) is 1.27. The Hall–Kier alpha value is -1.22.